The molecular formula is C8H16N2O. The number of hydroxylamine groups is 2. The number of fused-ring (bicyclic) bond motifs is 1. The molecule has 3 unspecified atom stereocenters. The molecule has 3 fully saturated rings. The lowest BCUT2D eigenvalue weighted by Gasteiger charge is -2.36. The van der Waals surface area contributed by atoms with E-state index in [9.17, 15) is 0 Å². The summed E-state index contributed by atoms with van der Waals surface area (Å²) in [6, 6.07) is 0.789. The van der Waals surface area contributed by atoms with Crippen LogP contribution >= 0.6 is 0 Å². The van der Waals surface area contributed by atoms with Gasteiger partial charge >= 0.3 is 0 Å². The summed E-state index contributed by atoms with van der Waals surface area (Å²) in [5.74, 6) is 1.78. The van der Waals surface area contributed by atoms with E-state index in [2.05, 4.69) is 5.32 Å². The summed E-state index contributed by atoms with van der Waals surface area (Å²) < 4.78 is 0. The molecule has 1 N–H and O–H groups in total. The van der Waals surface area contributed by atoms with E-state index >= 15 is 0 Å². The lowest BCUT2D eigenvalue weighted by molar-refractivity contribution is -0.128. The van der Waals surface area contributed by atoms with Crippen LogP contribution in [0.1, 0.15) is 6.42 Å². The Morgan fingerprint density at radius 1 is 1.64 bits per heavy atom. The monoisotopic (exact) mass is 156 g/mol. The molecule has 0 amide bonds. The van der Waals surface area contributed by atoms with Gasteiger partial charge < -0.3 is 10.2 Å². The number of rotatable bonds is 3. The van der Waals surface area contributed by atoms with Crippen molar-refractivity contribution >= 4 is 0 Å². The molecule has 1 aliphatic carbocycles. The van der Waals surface area contributed by atoms with Gasteiger partial charge in [-0.3, -0.25) is 0 Å². The predicted molar refractivity (Wildman–Crippen MR) is 43.0 cm³/mol. The highest BCUT2D eigenvalue weighted by molar-refractivity contribution is 5.02. The second-order valence-electron chi connectivity index (χ2n) is 3.67. The average Bonchev–Trinajstić information content (AvgIpc) is 2.59. The minimum absolute atomic E-state index is 0.789. The van der Waals surface area contributed by atoms with Gasteiger partial charge in [0, 0.05) is 19.6 Å². The van der Waals surface area contributed by atoms with Crippen LogP contribution in [-0.2, 0) is 4.84 Å². The summed E-state index contributed by atoms with van der Waals surface area (Å²) >= 11 is 0. The van der Waals surface area contributed by atoms with Crippen molar-refractivity contribution in [1.29, 1.82) is 0 Å². The molecule has 2 aliphatic heterocycles. The maximum Gasteiger partial charge on any atom is 0.0575 e. The highest BCUT2D eigenvalue weighted by atomic mass is 16.7. The van der Waals surface area contributed by atoms with Crippen LogP contribution in [0.4, 0.5) is 0 Å². The zero-order valence-corrected chi connectivity index (χ0v) is 7.21. The summed E-state index contributed by atoms with van der Waals surface area (Å²) in [7, 11) is 3.73. The van der Waals surface area contributed by atoms with Crippen LogP contribution in [-0.4, -0.2) is 38.4 Å². The first kappa shape index (κ1) is 7.53. The Bertz CT molecular complexity index is 137. The molecule has 2 heterocycles. The van der Waals surface area contributed by atoms with E-state index in [-0.39, 0.29) is 0 Å². The van der Waals surface area contributed by atoms with Gasteiger partial charge in [0.15, 0.2) is 0 Å². The molecular weight excluding hydrogens is 140 g/mol. The summed E-state index contributed by atoms with van der Waals surface area (Å²) in [4.78, 5) is 5.09. The topological polar surface area (TPSA) is 24.5 Å². The molecule has 3 heteroatoms. The second-order valence-corrected chi connectivity index (χ2v) is 3.67. The molecule has 0 spiro atoms. The third-order valence-electron chi connectivity index (χ3n) is 3.10. The van der Waals surface area contributed by atoms with Crippen molar-refractivity contribution < 1.29 is 4.84 Å². The van der Waals surface area contributed by atoms with Gasteiger partial charge in [-0.15, -0.1) is 0 Å². The minimum atomic E-state index is 0.789. The van der Waals surface area contributed by atoms with Crippen LogP contribution in [0.3, 0.4) is 0 Å². The molecule has 0 radical (unpaired) electrons. The third-order valence-corrected chi connectivity index (χ3v) is 3.10. The Morgan fingerprint density at radius 3 is 2.91 bits per heavy atom. The van der Waals surface area contributed by atoms with Crippen molar-refractivity contribution in [3.63, 3.8) is 0 Å². The summed E-state index contributed by atoms with van der Waals surface area (Å²) in [5.41, 5.74) is 0. The van der Waals surface area contributed by atoms with E-state index < -0.39 is 0 Å². The van der Waals surface area contributed by atoms with Crippen molar-refractivity contribution in [1.82, 2.24) is 10.4 Å². The molecule has 0 aromatic heterocycles. The predicted octanol–water partition coefficient (Wildman–Crippen LogP) is 0.0875. The Kier molecular flexibility index (Phi) is 1.87. The zero-order chi connectivity index (χ0) is 7.84. The van der Waals surface area contributed by atoms with Crippen molar-refractivity contribution in [2.75, 3.05) is 27.2 Å². The molecule has 64 valence electrons. The quantitative estimate of drug-likeness (QED) is 0.586. The van der Waals surface area contributed by atoms with Gasteiger partial charge in [0.25, 0.3) is 0 Å². The summed E-state index contributed by atoms with van der Waals surface area (Å²) in [6.45, 7) is 2.31. The highest BCUT2D eigenvalue weighted by Gasteiger charge is 2.46. The Labute approximate surface area is 67.7 Å². The fourth-order valence-corrected chi connectivity index (χ4v) is 2.23. The maximum absolute atomic E-state index is 5.09. The Hall–Kier alpha value is -0.120. The van der Waals surface area contributed by atoms with Crippen molar-refractivity contribution in [2.45, 2.75) is 12.5 Å². The average molecular weight is 156 g/mol. The Balaban J connectivity index is 1.80. The normalized spacial score (nSPS) is 41.2. The molecule has 3 aliphatic rings. The van der Waals surface area contributed by atoms with Crippen LogP contribution in [0.25, 0.3) is 0 Å². The van der Waals surface area contributed by atoms with E-state index in [1.807, 2.05) is 12.1 Å². The number of hydrogen-bond acceptors (Lipinski definition) is 3. The molecule has 2 saturated heterocycles. The van der Waals surface area contributed by atoms with Crippen LogP contribution < -0.4 is 5.32 Å². The lowest BCUT2D eigenvalue weighted by atomic mass is 9.74. The molecule has 0 aromatic carbocycles. The van der Waals surface area contributed by atoms with Gasteiger partial charge in [-0.05, 0) is 24.8 Å². The molecule has 11 heavy (non-hydrogen) atoms. The molecule has 1 saturated carbocycles. The fraction of sp³-hybridized carbons (Fsp3) is 1.00. The zero-order valence-electron chi connectivity index (χ0n) is 7.21. The molecule has 3 rings (SSSR count). The minimum Gasteiger partial charge on any atom is -0.313 e. The summed E-state index contributed by atoms with van der Waals surface area (Å²) in [6.07, 6.45) is 1.39. The molecule has 3 nitrogen and oxygen atoms in total. The van der Waals surface area contributed by atoms with E-state index in [4.69, 9.17) is 4.84 Å². The van der Waals surface area contributed by atoms with Crippen LogP contribution in [0.2, 0.25) is 0 Å². The summed E-state index contributed by atoms with van der Waals surface area (Å²) in [5, 5.41) is 5.42. The first-order valence-electron chi connectivity index (χ1n) is 4.30. The van der Waals surface area contributed by atoms with E-state index in [1.165, 1.54) is 13.0 Å². The lowest BCUT2D eigenvalue weighted by Crippen LogP contribution is -2.43. The van der Waals surface area contributed by atoms with Gasteiger partial charge in [0.05, 0.1) is 7.11 Å². The first-order valence-corrected chi connectivity index (χ1v) is 4.30. The SMILES string of the molecule is CON(C)CC1C2CNC1C2. The van der Waals surface area contributed by atoms with Gasteiger partial charge in [-0.25, -0.2) is 0 Å². The number of hydrogen-bond donors (Lipinski definition) is 1. The largest absolute Gasteiger partial charge is 0.313 e. The number of nitrogens with zero attached hydrogens (tertiary/aromatic N) is 1. The smallest absolute Gasteiger partial charge is 0.0575 e. The van der Waals surface area contributed by atoms with Crippen molar-refractivity contribution in [3.8, 4) is 0 Å². The molecule has 2 bridgehead atoms. The van der Waals surface area contributed by atoms with Gasteiger partial charge in [-0.1, -0.05) is 0 Å². The van der Waals surface area contributed by atoms with E-state index in [0.29, 0.717) is 0 Å². The molecule has 3 atom stereocenters. The fourth-order valence-electron chi connectivity index (χ4n) is 2.23. The van der Waals surface area contributed by atoms with Crippen LogP contribution in [0, 0.1) is 11.8 Å². The van der Waals surface area contributed by atoms with Gasteiger partial charge in [-0.2, -0.15) is 5.06 Å². The standard InChI is InChI=1S/C8H16N2O/c1-10(11-2)5-7-6-3-8(7)9-4-6/h6-9H,3-5H2,1-2H3. The van der Waals surface area contributed by atoms with E-state index in [1.54, 1.807) is 7.11 Å². The van der Waals surface area contributed by atoms with Crippen LogP contribution in [0.5, 0.6) is 0 Å². The Morgan fingerprint density at radius 2 is 2.45 bits per heavy atom. The van der Waals surface area contributed by atoms with Crippen molar-refractivity contribution in [3.05, 3.63) is 0 Å². The highest BCUT2D eigenvalue weighted by Crippen LogP contribution is 2.40. The van der Waals surface area contributed by atoms with Gasteiger partial charge in [0.1, 0.15) is 0 Å². The molecule has 0 aromatic rings. The van der Waals surface area contributed by atoms with E-state index in [0.717, 1.165) is 24.4 Å². The first-order chi connectivity index (χ1) is 5.31. The number of nitrogens with one attached hydrogen (secondary N) is 1. The second kappa shape index (κ2) is 2.73. The third kappa shape index (κ3) is 1.17. The maximum atomic E-state index is 5.09. The van der Waals surface area contributed by atoms with Crippen molar-refractivity contribution in [2.24, 2.45) is 11.8 Å². The van der Waals surface area contributed by atoms with Crippen LogP contribution in [0.15, 0.2) is 0 Å². The van der Waals surface area contributed by atoms with Gasteiger partial charge in [0.2, 0.25) is 0 Å².